The summed E-state index contributed by atoms with van der Waals surface area (Å²) in [5, 5.41) is 2.99. The molecule has 1 aliphatic rings. The van der Waals surface area contributed by atoms with E-state index in [9.17, 15) is 22.4 Å². The molecule has 4 rings (SSSR count). The Morgan fingerprint density at radius 3 is 2.34 bits per heavy atom. The molecular formula is C33H40FN3O6S. The van der Waals surface area contributed by atoms with Crippen molar-refractivity contribution in [1.82, 2.24) is 10.2 Å². The summed E-state index contributed by atoms with van der Waals surface area (Å²) in [6.45, 7) is 4.51. The van der Waals surface area contributed by atoms with Crippen molar-refractivity contribution in [2.24, 2.45) is 0 Å². The number of carbonyl (C=O) groups excluding carboxylic acids is 2. The van der Waals surface area contributed by atoms with Crippen LogP contribution >= 0.6 is 0 Å². The van der Waals surface area contributed by atoms with Crippen LogP contribution in [0.15, 0.2) is 72.8 Å². The topological polar surface area (TPSA) is 105 Å². The lowest BCUT2D eigenvalue weighted by atomic mass is 10.0. The first kappa shape index (κ1) is 32.8. The van der Waals surface area contributed by atoms with Crippen molar-refractivity contribution in [3.63, 3.8) is 0 Å². The number of fused-ring (bicyclic) bond motifs is 1. The van der Waals surface area contributed by atoms with Crippen molar-refractivity contribution >= 4 is 27.5 Å². The standard InChI is InChI=1S/C33H40FN3O6S/c1-4-24(2)35-33(39)29(21-25-11-6-5-7-12-25)36(23-26-13-8-9-14-28(26)34)32(38)15-10-18-37(44(3,40)41)27-16-17-30-31(22-27)43-20-19-42-30/h5-9,11-14,16-17,22,24,29H,4,10,15,18-21,23H2,1-3H3,(H,35,39). The summed E-state index contributed by atoms with van der Waals surface area (Å²) in [5.74, 6) is -0.211. The van der Waals surface area contributed by atoms with E-state index in [-0.39, 0.29) is 55.8 Å². The molecule has 2 amide bonds. The molecule has 11 heteroatoms. The molecule has 1 heterocycles. The summed E-state index contributed by atoms with van der Waals surface area (Å²) in [7, 11) is -3.71. The number of anilines is 1. The van der Waals surface area contributed by atoms with Gasteiger partial charge in [-0.2, -0.15) is 0 Å². The molecule has 2 unspecified atom stereocenters. The third-order valence-electron chi connectivity index (χ3n) is 7.54. The number of benzene rings is 3. The van der Waals surface area contributed by atoms with Crippen LogP contribution in [0.3, 0.4) is 0 Å². The van der Waals surface area contributed by atoms with E-state index in [0.717, 1.165) is 11.8 Å². The first-order chi connectivity index (χ1) is 21.1. The van der Waals surface area contributed by atoms with Crippen molar-refractivity contribution in [2.75, 3.05) is 30.3 Å². The first-order valence-electron chi connectivity index (χ1n) is 14.8. The maximum absolute atomic E-state index is 14.8. The number of carbonyl (C=O) groups is 2. The van der Waals surface area contributed by atoms with Gasteiger partial charge in [-0.05, 0) is 43.5 Å². The number of nitrogens with one attached hydrogen (secondary N) is 1. The van der Waals surface area contributed by atoms with Gasteiger partial charge in [-0.15, -0.1) is 0 Å². The molecule has 0 spiro atoms. The van der Waals surface area contributed by atoms with Gasteiger partial charge in [0.2, 0.25) is 21.8 Å². The van der Waals surface area contributed by atoms with Gasteiger partial charge >= 0.3 is 0 Å². The van der Waals surface area contributed by atoms with E-state index in [0.29, 0.717) is 36.8 Å². The molecule has 3 aromatic carbocycles. The highest BCUT2D eigenvalue weighted by Crippen LogP contribution is 2.35. The molecule has 236 valence electrons. The van der Waals surface area contributed by atoms with Crippen molar-refractivity contribution in [2.45, 2.75) is 58.2 Å². The molecule has 0 aromatic heterocycles. The quantitative estimate of drug-likeness (QED) is 0.279. The summed E-state index contributed by atoms with van der Waals surface area (Å²) >= 11 is 0. The lowest BCUT2D eigenvalue weighted by Crippen LogP contribution is -2.52. The van der Waals surface area contributed by atoms with Crippen molar-refractivity contribution in [3.8, 4) is 11.5 Å². The lowest BCUT2D eigenvalue weighted by molar-refractivity contribution is -0.141. The van der Waals surface area contributed by atoms with Crippen LogP contribution in [0.4, 0.5) is 10.1 Å². The van der Waals surface area contributed by atoms with Crippen LogP contribution in [-0.2, 0) is 32.6 Å². The van der Waals surface area contributed by atoms with Crippen LogP contribution in [0.1, 0.15) is 44.2 Å². The monoisotopic (exact) mass is 625 g/mol. The largest absolute Gasteiger partial charge is 0.486 e. The minimum Gasteiger partial charge on any atom is -0.486 e. The predicted octanol–water partition coefficient (Wildman–Crippen LogP) is 4.70. The SMILES string of the molecule is CCC(C)NC(=O)C(Cc1ccccc1)N(Cc1ccccc1F)C(=O)CCCN(c1ccc2c(c1)OCCO2)S(C)(=O)=O. The van der Waals surface area contributed by atoms with E-state index in [1.165, 1.54) is 15.3 Å². The van der Waals surface area contributed by atoms with Gasteiger partial charge in [0.25, 0.3) is 0 Å². The molecular weight excluding hydrogens is 585 g/mol. The molecule has 9 nitrogen and oxygen atoms in total. The molecule has 1 N–H and O–H groups in total. The normalized spacial score (nSPS) is 13.9. The molecule has 0 bridgehead atoms. The second-order valence-corrected chi connectivity index (χ2v) is 12.8. The van der Waals surface area contributed by atoms with Crippen LogP contribution in [0.2, 0.25) is 0 Å². The van der Waals surface area contributed by atoms with Gasteiger partial charge in [0.05, 0.1) is 11.9 Å². The number of hydrogen-bond acceptors (Lipinski definition) is 6. The molecule has 1 aliphatic heterocycles. The minimum atomic E-state index is -3.71. The number of hydrogen-bond donors (Lipinski definition) is 1. The molecule has 2 atom stereocenters. The third-order valence-corrected chi connectivity index (χ3v) is 8.73. The number of rotatable bonds is 14. The molecule has 0 saturated carbocycles. The summed E-state index contributed by atoms with van der Waals surface area (Å²) in [5.41, 5.74) is 1.52. The highest BCUT2D eigenvalue weighted by Gasteiger charge is 2.31. The van der Waals surface area contributed by atoms with E-state index in [1.54, 1.807) is 36.4 Å². The van der Waals surface area contributed by atoms with E-state index < -0.39 is 21.9 Å². The molecule has 3 aromatic rings. The van der Waals surface area contributed by atoms with Gasteiger partial charge < -0.3 is 19.7 Å². The zero-order valence-electron chi connectivity index (χ0n) is 25.4. The highest BCUT2D eigenvalue weighted by atomic mass is 32.2. The van der Waals surface area contributed by atoms with Gasteiger partial charge in [-0.25, -0.2) is 12.8 Å². The maximum Gasteiger partial charge on any atom is 0.243 e. The third kappa shape index (κ3) is 8.72. The average molecular weight is 626 g/mol. The molecule has 0 radical (unpaired) electrons. The average Bonchev–Trinajstić information content (AvgIpc) is 3.01. The summed E-state index contributed by atoms with van der Waals surface area (Å²) in [6.07, 6.45) is 2.14. The van der Waals surface area contributed by atoms with Crippen molar-refractivity contribution in [1.29, 1.82) is 0 Å². The Bertz CT molecular complexity index is 1540. The Hall–Kier alpha value is -4.12. The number of sulfonamides is 1. The number of ether oxygens (including phenoxy) is 2. The Balaban J connectivity index is 1.59. The van der Waals surface area contributed by atoms with E-state index in [1.807, 2.05) is 44.2 Å². The smallest absolute Gasteiger partial charge is 0.243 e. The van der Waals surface area contributed by atoms with E-state index >= 15 is 0 Å². The first-order valence-corrected chi connectivity index (χ1v) is 16.7. The van der Waals surface area contributed by atoms with Gasteiger partial charge in [0.1, 0.15) is 25.1 Å². The highest BCUT2D eigenvalue weighted by molar-refractivity contribution is 7.92. The number of amides is 2. The van der Waals surface area contributed by atoms with Gasteiger partial charge in [-0.1, -0.05) is 55.5 Å². The summed E-state index contributed by atoms with van der Waals surface area (Å²) in [6, 6.07) is 19.4. The second-order valence-electron chi connectivity index (χ2n) is 10.9. The van der Waals surface area contributed by atoms with Crippen LogP contribution in [0.25, 0.3) is 0 Å². The Morgan fingerprint density at radius 1 is 0.977 bits per heavy atom. The minimum absolute atomic E-state index is 0.0141. The summed E-state index contributed by atoms with van der Waals surface area (Å²) < 4.78 is 52.8. The fraction of sp³-hybridized carbons (Fsp3) is 0.394. The Labute approximate surface area is 259 Å². The number of halogens is 1. The van der Waals surface area contributed by atoms with Crippen LogP contribution in [-0.4, -0.2) is 63.2 Å². The fourth-order valence-corrected chi connectivity index (χ4v) is 5.95. The van der Waals surface area contributed by atoms with Gasteiger partial charge in [0, 0.05) is 43.6 Å². The van der Waals surface area contributed by atoms with Crippen molar-refractivity contribution in [3.05, 3.63) is 89.7 Å². The lowest BCUT2D eigenvalue weighted by Gasteiger charge is -2.33. The van der Waals surface area contributed by atoms with E-state index in [2.05, 4.69) is 5.32 Å². The second kappa shape index (κ2) is 15.1. The molecule has 0 aliphatic carbocycles. The van der Waals surface area contributed by atoms with Crippen LogP contribution < -0.4 is 19.1 Å². The zero-order valence-corrected chi connectivity index (χ0v) is 26.2. The van der Waals surface area contributed by atoms with Gasteiger partial charge in [0.15, 0.2) is 11.5 Å². The zero-order chi connectivity index (χ0) is 31.7. The Morgan fingerprint density at radius 2 is 1.66 bits per heavy atom. The van der Waals surface area contributed by atoms with Crippen LogP contribution in [0.5, 0.6) is 11.5 Å². The summed E-state index contributed by atoms with van der Waals surface area (Å²) in [4.78, 5) is 29.0. The predicted molar refractivity (Wildman–Crippen MR) is 168 cm³/mol. The molecule has 0 fully saturated rings. The Kier molecular flexibility index (Phi) is 11.2. The maximum atomic E-state index is 14.8. The molecule has 44 heavy (non-hydrogen) atoms. The number of nitrogens with zero attached hydrogens (tertiary/aromatic N) is 2. The van der Waals surface area contributed by atoms with E-state index in [4.69, 9.17) is 9.47 Å². The molecule has 0 saturated heterocycles. The van der Waals surface area contributed by atoms with Crippen molar-refractivity contribution < 1.29 is 31.9 Å². The van der Waals surface area contributed by atoms with Crippen LogP contribution in [0, 0.1) is 5.82 Å². The van der Waals surface area contributed by atoms with Gasteiger partial charge in [-0.3, -0.25) is 13.9 Å². The fourth-order valence-electron chi connectivity index (χ4n) is 5.00.